The molecule has 0 atom stereocenters. The van der Waals surface area contributed by atoms with Gasteiger partial charge in [-0.3, -0.25) is 0 Å². The molecule has 0 radical (unpaired) electrons. The normalized spacial score (nSPS) is 19.4. The molecular weight excluding hydrogens is 154 g/mol. The van der Waals surface area contributed by atoms with Gasteiger partial charge in [-0.2, -0.15) is 4.37 Å². The predicted molar refractivity (Wildman–Crippen MR) is 48.1 cm³/mol. The van der Waals surface area contributed by atoms with Crippen LogP contribution in [0.1, 0.15) is 42.2 Å². The predicted octanol–water partition coefficient (Wildman–Crippen LogP) is 3.11. The monoisotopic (exact) mass is 167 g/mol. The molecule has 1 heterocycles. The van der Waals surface area contributed by atoms with E-state index in [2.05, 4.69) is 17.4 Å². The SMILES string of the molecule is Cc1cc(C2CCCC2)sn1. The van der Waals surface area contributed by atoms with E-state index >= 15 is 0 Å². The van der Waals surface area contributed by atoms with E-state index in [0.29, 0.717) is 0 Å². The van der Waals surface area contributed by atoms with E-state index in [-0.39, 0.29) is 0 Å². The highest BCUT2D eigenvalue weighted by atomic mass is 32.1. The van der Waals surface area contributed by atoms with Crippen LogP contribution in [0.5, 0.6) is 0 Å². The molecule has 1 fully saturated rings. The first kappa shape index (κ1) is 7.29. The lowest BCUT2D eigenvalue weighted by Crippen LogP contribution is -1.85. The summed E-state index contributed by atoms with van der Waals surface area (Å²) in [6.07, 6.45) is 5.62. The Morgan fingerprint density at radius 2 is 2.18 bits per heavy atom. The van der Waals surface area contributed by atoms with Gasteiger partial charge in [0.25, 0.3) is 0 Å². The van der Waals surface area contributed by atoms with Gasteiger partial charge in [-0.05, 0) is 43.3 Å². The Bertz CT molecular complexity index is 235. The largest absolute Gasteiger partial charge is 0.198 e. The molecule has 1 saturated carbocycles. The summed E-state index contributed by atoms with van der Waals surface area (Å²) in [5.74, 6) is 0.848. The zero-order valence-corrected chi connectivity index (χ0v) is 7.66. The Morgan fingerprint density at radius 3 is 2.73 bits per heavy atom. The lowest BCUT2D eigenvalue weighted by Gasteiger charge is -2.02. The molecule has 0 N–H and O–H groups in total. The summed E-state index contributed by atoms with van der Waals surface area (Å²) in [6.45, 7) is 2.08. The molecule has 1 aromatic rings. The van der Waals surface area contributed by atoms with Gasteiger partial charge >= 0.3 is 0 Å². The number of aryl methyl sites for hydroxylation is 1. The fraction of sp³-hybridized carbons (Fsp3) is 0.667. The molecule has 0 aromatic carbocycles. The quantitative estimate of drug-likeness (QED) is 0.626. The van der Waals surface area contributed by atoms with Crippen LogP contribution in [0.25, 0.3) is 0 Å². The van der Waals surface area contributed by atoms with Crippen molar-refractivity contribution in [1.82, 2.24) is 4.37 Å². The highest BCUT2D eigenvalue weighted by Crippen LogP contribution is 2.35. The third kappa shape index (κ3) is 1.45. The van der Waals surface area contributed by atoms with Gasteiger partial charge in [0, 0.05) is 4.88 Å². The van der Waals surface area contributed by atoms with Crippen LogP contribution in [0.2, 0.25) is 0 Å². The van der Waals surface area contributed by atoms with Gasteiger partial charge in [0.2, 0.25) is 0 Å². The minimum Gasteiger partial charge on any atom is -0.198 e. The van der Waals surface area contributed by atoms with Crippen molar-refractivity contribution in [3.63, 3.8) is 0 Å². The molecule has 2 heteroatoms. The van der Waals surface area contributed by atoms with E-state index in [1.807, 2.05) is 0 Å². The highest BCUT2D eigenvalue weighted by molar-refractivity contribution is 7.05. The van der Waals surface area contributed by atoms with Crippen molar-refractivity contribution >= 4 is 11.5 Å². The topological polar surface area (TPSA) is 12.9 Å². The molecule has 1 aliphatic rings. The lowest BCUT2D eigenvalue weighted by atomic mass is 10.1. The van der Waals surface area contributed by atoms with Crippen molar-refractivity contribution in [2.75, 3.05) is 0 Å². The molecule has 11 heavy (non-hydrogen) atoms. The molecule has 60 valence electrons. The molecule has 1 nitrogen and oxygen atoms in total. The van der Waals surface area contributed by atoms with Crippen molar-refractivity contribution in [2.45, 2.75) is 38.5 Å². The lowest BCUT2D eigenvalue weighted by molar-refractivity contribution is 0.738. The van der Waals surface area contributed by atoms with Crippen molar-refractivity contribution in [2.24, 2.45) is 0 Å². The second-order valence-corrected chi connectivity index (χ2v) is 4.19. The summed E-state index contributed by atoms with van der Waals surface area (Å²) in [5.41, 5.74) is 1.19. The van der Waals surface area contributed by atoms with Gasteiger partial charge in [-0.25, -0.2) is 0 Å². The van der Waals surface area contributed by atoms with Crippen molar-refractivity contribution in [3.05, 3.63) is 16.6 Å². The minimum absolute atomic E-state index is 0.848. The molecule has 0 amide bonds. The van der Waals surface area contributed by atoms with Crippen LogP contribution in [-0.2, 0) is 0 Å². The number of rotatable bonds is 1. The van der Waals surface area contributed by atoms with E-state index in [0.717, 1.165) is 5.92 Å². The number of hydrogen-bond acceptors (Lipinski definition) is 2. The minimum atomic E-state index is 0.848. The van der Waals surface area contributed by atoms with Gasteiger partial charge in [0.15, 0.2) is 0 Å². The van der Waals surface area contributed by atoms with Crippen LogP contribution in [0, 0.1) is 6.92 Å². The van der Waals surface area contributed by atoms with Crippen LogP contribution in [-0.4, -0.2) is 4.37 Å². The van der Waals surface area contributed by atoms with Crippen molar-refractivity contribution < 1.29 is 0 Å². The summed E-state index contributed by atoms with van der Waals surface area (Å²) in [5, 5.41) is 0. The average Bonchev–Trinajstić information content (AvgIpc) is 2.55. The number of hydrogen-bond donors (Lipinski definition) is 0. The molecule has 2 rings (SSSR count). The molecular formula is C9H13NS. The Hall–Kier alpha value is -0.370. The number of nitrogens with zero attached hydrogens (tertiary/aromatic N) is 1. The molecule has 0 aliphatic heterocycles. The standard InChI is InChI=1S/C9H13NS/c1-7-6-9(11-10-7)8-4-2-3-5-8/h6,8H,2-5H2,1H3. The second kappa shape index (κ2) is 2.94. The maximum absolute atomic E-state index is 4.30. The Morgan fingerprint density at radius 1 is 1.45 bits per heavy atom. The highest BCUT2D eigenvalue weighted by Gasteiger charge is 2.18. The van der Waals surface area contributed by atoms with E-state index < -0.39 is 0 Å². The zero-order valence-electron chi connectivity index (χ0n) is 6.84. The average molecular weight is 167 g/mol. The summed E-state index contributed by atoms with van der Waals surface area (Å²) in [7, 11) is 0. The van der Waals surface area contributed by atoms with Crippen LogP contribution in [0.15, 0.2) is 6.07 Å². The van der Waals surface area contributed by atoms with Gasteiger partial charge < -0.3 is 0 Å². The van der Waals surface area contributed by atoms with Crippen molar-refractivity contribution in [3.8, 4) is 0 Å². The Balaban J connectivity index is 2.15. The summed E-state index contributed by atoms with van der Waals surface area (Å²) >= 11 is 1.70. The maximum atomic E-state index is 4.30. The van der Waals surface area contributed by atoms with E-state index in [9.17, 15) is 0 Å². The number of aromatic nitrogens is 1. The maximum Gasteiger partial charge on any atom is 0.0514 e. The second-order valence-electron chi connectivity index (χ2n) is 3.35. The fourth-order valence-electron chi connectivity index (χ4n) is 1.79. The van der Waals surface area contributed by atoms with E-state index in [4.69, 9.17) is 0 Å². The molecule has 0 bridgehead atoms. The Kier molecular flexibility index (Phi) is 1.95. The van der Waals surface area contributed by atoms with E-state index in [1.165, 1.54) is 36.3 Å². The van der Waals surface area contributed by atoms with Crippen LogP contribution in [0.4, 0.5) is 0 Å². The first-order valence-corrected chi connectivity index (χ1v) is 5.07. The third-order valence-corrected chi connectivity index (χ3v) is 3.45. The Labute approximate surface area is 71.6 Å². The van der Waals surface area contributed by atoms with Crippen molar-refractivity contribution in [1.29, 1.82) is 0 Å². The summed E-state index contributed by atoms with van der Waals surface area (Å²) < 4.78 is 4.30. The van der Waals surface area contributed by atoms with Gasteiger partial charge in [-0.1, -0.05) is 12.8 Å². The van der Waals surface area contributed by atoms with Gasteiger partial charge in [0.1, 0.15) is 0 Å². The molecule has 0 saturated heterocycles. The van der Waals surface area contributed by atoms with Crippen LogP contribution in [0.3, 0.4) is 0 Å². The van der Waals surface area contributed by atoms with Gasteiger partial charge in [-0.15, -0.1) is 0 Å². The van der Waals surface area contributed by atoms with E-state index in [1.54, 1.807) is 11.5 Å². The van der Waals surface area contributed by atoms with Crippen LogP contribution < -0.4 is 0 Å². The molecule has 0 unspecified atom stereocenters. The summed E-state index contributed by atoms with van der Waals surface area (Å²) in [4.78, 5) is 1.51. The van der Waals surface area contributed by atoms with Crippen LogP contribution >= 0.6 is 11.5 Å². The first-order valence-electron chi connectivity index (χ1n) is 4.29. The molecule has 0 spiro atoms. The first-order chi connectivity index (χ1) is 5.36. The third-order valence-electron chi connectivity index (χ3n) is 2.40. The molecule has 1 aliphatic carbocycles. The molecule has 1 aromatic heterocycles. The zero-order chi connectivity index (χ0) is 7.68. The smallest absolute Gasteiger partial charge is 0.0514 e. The fourth-order valence-corrected chi connectivity index (χ4v) is 2.70. The van der Waals surface area contributed by atoms with Gasteiger partial charge in [0.05, 0.1) is 5.69 Å². The summed E-state index contributed by atoms with van der Waals surface area (Å²) in [6, 6.07) is 2.25.